The molecule has 3 N–H and O–H groups in total. The average Bonchev–Trinajstić information content (AvgIpc) is 2.37. The van der Waals surface area contributed by atoms with Gasteiger partial charge in [-0.3, -0.25) is 4.79 Å². The van der Waals surface area contributed by atoms with Crippen LogP contribution in [0.1, 0.15) is 25.5 Å². The van der Waals surface area contributed by atoms with Crippen molar-refractivity contribution in [2.24, 2.45) is 0 Å². The van der Waals surface area contributed by atoms with E-state index in [9.17, 15) is 9.90 Å². The minimum absolute atomic E-state index is 0.00195. The van der Waals surface area contributed by atoms with E-state index in [1.54, 1.807) is 18.2 Å². The number of ether oxygens (including phenoxy) is 1. The van der Waals surface area contributed by atoms with Crippen LogP contribution in [-0.2, 0) is 4.79 Å². The Morgan fingerprint density at radius 1 is 1.50 bits per heavy atom. The van der Waals surface area contributed by atoms with Gasteiger partial charge in [0.15, 0.2) is 11.5 Å². The number of likely N-dealkylation sites (N-methyl/N-ethyl adjacent to an activating group) is 1. The van der Waals surface area contributed by atoms with Crippen molar-refractivity contribution in [3.63, 3.8) is 0 Å². The van der Waals surface area contributed by atoms with E-state index in [1.807, 2.05) is 13.8 Å². The molecule has 1 atom stereocenters. The molecular formula is C13H20N2O3. The summed E-state index contributed by atoms with van der Waals surface area (Å²) < 4.78 is 5.04. The summed E-state index contributed by atoms with van der Waals surface area (Å²) in [6.07, 6.45) is 0. The second-order valence-electron chi connectivity index (χ2n) is 3.99. The molecule has 1 rings (SSSR count). The molecule has 0 aliphatic rings. The van der Waals surface area contributed by atoms with Crippen LogP contribution in [0.4, 0.5) is 0 Å². The summed E-state index contributed by atoms with van der Waals surface area (Å²) in [5, 5.41) is 15.3. The Labute approximate surface area is 107 Å². The zero-order valence-corrected chi connectivity index (χ0v) is 11.0. The fourth-order valence-electron chi connectivity index (χ4n) is 1.59. The lowest BCUT2D eigenvalue weighted by molar-refractivity contribution is -0.120. The van der Waals surface area contributed by atoms with Gasteiger partial charge in [0.25, 0.3) is 0 Å². The standard InChI is InChI=1S/C13H20N2O3/c1-4-14-13(17)8-15-9(2)10-5-6-11(16)12(7-10)18-3/h5-7,9,15-16H,4,8H2,1-3H3,(H,14,17). The first kappa shape index (κ1) is 14.3. The Bertz CT molecular complexity index is 407. The quantitative estimate of drug-likeness (QED) is 0.711. The molecule has 18 heavy (non-hydrogen) atoms. The zero-order chi connectivity index (χ0) is 13.5. The van der Waals surface area contributed by atoms with E-state index in [0.717, 1.165) is 5.56 Å². The molecule has 5 nitrogen and oxygen atoms in total. The summed E-state index contributed by atoms with van der Waals surface area (Å²) in [5.74, 6) is 0.506. The molecule has 0 bridgehead atoms. The number of methoxy groups -OCH3 is 1. The van der Waals surface area contributed by atoms with E-state index in [-0.39, 0.29) is 24.2 Å². The van der Waals surface area contributed by atoms with Crippen molar-refractivity contribution in [3.05, 3.63) is 23.8 Å². The van der Waals surface area contributed by atoms with Gasteiger partial charge in [0.05, 0.1) is 13.7 Å². The first-order valence-corrected chi connectivity index (χ1v) is 5.95. The van der Waals surface area contributed by atoms with E-state index >= 15 is 0 Å². The molecule has 1 aromatic carbocycles. The molecule has 0 saturated carbocycles. The molecule has 0 aromatic heterocycles. The van der Waals surface area contributed by atoms with Crippen molar-refractivity contribution in [2.75, 3.05) is 20.2 Å². The van der Waals surface area contributed by atoms with E-state index in [0.29, 0.717) is 12.3 Å². The maximum Gasteiger partial charge on any atom is 0.233 e. The van der Waals surface area contributed by atoms with E-state index < -0.39 is 0 Å². The minimum Gasteiger partial charge on any atom is -0.504 e. The van der Waals surface area contributed by atoms with Gasteiger partial charge in [-0.2, -0.15) is 0 Å². The zero-order valence-electron chi connectivity index (χ0n) is 11.0. The van der Waals surface area contributed by atoms with Crippen LogP contribution in [0.5, 0.6) is 11.5 Å². The summed E-state index contributed by atoms with van der Waals surface area (Å²) >= 11 is 0. The summed E-state index contributed by atoms with van der Waals surface area (Å²) in [4.78, 5) is 11.3. The van der Waals surface area contributed by atoms with E-state index in [4.69, 9.17) is 4.74 Å². The first-order chi connectivity index (χ1) is 8.58. The van der Waals surface area contributed by atoms with E-state index in [1.165, 1.54) is 7.11 Å². The van der Waals surface area contributed by atoms with Gasteiger partial charge in [-0.1, -0.05) is 6.07 Å². The van der Waals surface area contributed by atoms with Gasteiger partial charge in [0, 0.05) is 12.6 Å². The highest BCUT2D eigenvalue weighted by Crippen LogP contribution is 2.28. The molecule has 100 valence electrons. The monoisotopic (exact) mass is 252 g/mol. The van der Waals surface area contributed by atoms with Crippen LogP contribution in [0.25, 0.3) is 0 Å². The average molecular weight is 252 g/mol. The minimum atomic E-state index is -0.0323. The maximum absolute atomic E-state index is 11.3. The molecule has 0 fully saturated rings. The largest absolute Gasteiger partial charge is 0.504 e. The molecule has 0 heterocycles. The van der Waals surface area contributed by atoms with Crippen LogP contribution in [-0.4, -0.2) is 31.2 Å². The van der Waals surface area contributed by atoms with Gasteiger partial charge in [-0.15, -0.1) is 0 Å². The van der Waals surface area contributed by atoms with Crippen molar-refractivity contribution >= 4 is 5.91 Å². The van der Waals surface area contributed by atoms with Gasteiger partial charge in [0.2, 0.25) is 5.91 Å². The Hall–Kier alpha value is -1.75. The number of amides is 1. The number of rotatable bonds is 6. The van der Waals surface area contributed by atoms with Gasteiger partial charge in [-0.05, 0) is 31.5 Å². The second-order valence-corrected chi connectivity index (χ2v) is 3.99. The number of hydrogen-bond donors (Lipinski definition) is 3. The summed E-state index contributed by atoms with van der Waals surface area (Å²) in [6.45, 7) is 4.72. The van der Waals surface area contributed by atoms with Crippen molar-refractivity contribution < 1.29 is 14.6 Å². The number of nitrogens with one attached hydrogen (secondary N) is 2. The molecule has 5 heteroatoms. The third kappa shape index (κ3) is 3.92. The normalized spacial score (nSPS) is 11.9. The van der Waals surface area contributed by atoms with Crippen molar-refractivity contribution in [2.45, 2.75) is 19.9 Å². The lowest BCUT2D eigenvalue weighted by atomic mass is 10.1. The molecule has 1 unspecified atom stereocenters. The number of hydrogen-bond acceptors (Lipinski definition) is 4. The molecule has 1 aromatic rings. The van der Waals surface area contributed by atoms with Gasteiger partial charge in [-0.25, -0.2) is 0 Å². The SMILES string of the molecule is CCNC(=O)CNC(C)c1ccc(O)c(OC)c1. The first-order valence-electron chi connectivity index (χ1n) is 5.95. The summed E-state index contributed by atoms with van der Waals surface area (Å²) in [5.41, 5.74) is 0.953. The highest BCUT2D eigenvalue weighted by Gasteiger charge is 2.10. The Morgan fingerprint density at radius 3 is 2.83 bits per heavy atom. The summed E-state index contributed by atoms with van der Waals surface area (Å²) in [7, 11) is 1.51. The van der Waals surface area contributed by atoms with E-state index in [2.05, 4.69) is 10.6 Å². The number of carbonyl (C=O) groups excluding carboxylic acids is 1. The second kappa shape index (κ2) is 6.86. The number of phenols is 1. The molecule has 0 saturated heterocycles. The maximum atomic E-state index is 11.3. The lowest BCUT2D eigenvalue weighted by Crippen LogP contribution is -2.34. The van der Waals surface area contributed by atoms with Crippen molar-refractivity contribution in [3.8, 4) is 11.5 Å². The molecule has 0 aliphatic carbocycles. The Balaban J connectivity index is 2.61. The van der Waals surface area contributed by atoms with Crippen LogP contribution in [0.2, 0.25) is 0 Å². The van der Waals surface area contributed by atoms with Gasteiger partial charge < -0.3 is 20.5 Å². The fraction of sp³-hybridized carbons (Fsp3) is 0.462. The van der Waals surface area contributed by atoms with Crippen LogP contribution in [0.15, 0.2) is 18.2 Å². The van der Waals surface area contributed by atoms with Crippen LogP contribution >= 0.6 is 0 Å². The van der Waals surface area contributed by atoms with Crippen molar-refractivity contribution in [1.82, 2.24) is 10.6 Å². The van der Waals surface area contributed by atoms with Crippen molar-refractivity contribution in [1.29, 1.82) is 0 Å². The summed E-state index contributed by atoms with van der Waals surface area (Å²) in [6, 6.07) is 5.14. The Morgan fingerprint density at radius 2 is 2.22 bits per heavy atom. The fourth-order valence-corrected chi connectivity index (χ4v) is 1.59. The predicted octanol–water partition coefficient (Wildman–Crippen LogP) is 1.19. The van der Waals surface area contributed by atoms with Crippen LogP contribution in [0.3, 0.4) is 0 Å². The van der Waals surface area contributed by atoms with Gasteiger partial charge in [0.1, 0.15) is 0 Å². The smallest absolute Gasteiger partial charge is 0.233 e. The highest BCUT2D eigenvalue weighted by molar-refractivity contribution is 5.77. The molecule has 1 amide bonds. The Kier molecular flexibility index (Phi) is 5.45. The van der Waals surface area contributed by atoms with Gasteiger partial charge >= 0.3 is 0 Å². The molecule has 0 radical (unpaired) electrons. The highest BCUT2D eigenvalue weighted by atomic mass is 16.5. The number of phenolic OH excluding ortho intramolecular Hbond substituents is 1. The lowest BCUT2D eigenvalue weighted by Gasteiger charge is -2.15. The third-order valence-electron chi connectivity index (χ3n) is 2.65. The topological polar surface area (TPSA) is 70.6 Å². The molecule has 0 aliphatic heterocycles. The molecular weight excluding hydrogens is 232 g/mol. The molecule has 0 spiro atoms. The van der Waals surface area contributed by atoms with Crippen LogP contribution in [0, 0.1) is 0 Å². The van der Waals surface area contributed by atoms with Crippen LogP contribution < -0.4 is 15.4 Å². The predicted molar refractivity (Wildman–Crippen MR) is 69.8 cm³/mol. The number of benzene rings is 1. The third-order valence-corrected chi connectivity index (χ3v) is 2.65. The number of carbonyl (C=O) groups is 1. The number of aromatic hydroxyl groups is 1.